The van der Waals surface area contributed by atoms with Crippen molar-refractivity contribution >= 4 is 51.6 Å². The van der Waals surface area contributed by atoms with Crippen LogP contribution in [0.2, 0.25) is 5.02 Å². The fraction of sp³-hybridized carbons (Fsp3) is 0.333. The molecule has 1 aromatic carbocycles. The number of methoxy groups -OCH3 is 1. The number of carbonyl (C=O) groups is 2. The number of thioether (sulfide) groups is 1. The quantitative estimate of drug-likeness (QED) is 0.413. The zero-order valence-electron chi connectivity index (χ0n) is 17.1. The fourth-order valence-corrected chi connectivity index (χ4v) is 5.78. The van der Waals surface area contributed by atoms with Gasteiger partial charge in [-0.05, 0) is 43.4 Å². The van der Waals surface area contributed by atoms with Gasteiger partial charge in [-0.2, -0.15) is 0 Å². The number of benzene rings is 1. The number of aromatic nitrogens is 3. The van der Waals surface area contributed by atoms with E-state index in [4.69, 9.17) is 16.3 Å². The van der Waals surface area contributed by atoms with E-state index in [0.29, 0.717) is 26.6 Å². The Kier molecular flexibility index (Phi) is 6.64. The topological polar surface area (TPSA) is 86.1 Å². The van der Waals surface area contributed by atoms with E-state index in [1.165, 1.54) is 30.2 Å². The average molecular weight is 477 g/mol. The summed E-state index contributed by atoms with van der Waals surface area (Å²) in [6.45, 7) is 0. The van der Waals surface area contributed by atoms with Gasteiger partial charge in [-0.15, -0.1) is 21.5 Å². The van der Waals surface area contributed by atoms with Gasteiger partial charge in [-0.1, -0.05) is 35.5 Å². The highest BCUT2D eigenvalue weighted by Gasteiger charge is 2.27. The predicted octanol–water partition coefficient (Wildman–Crippen LogP) is 4.59. The molecule has 31 heavy (non-hydrogen) atoms. The summed E-state index contributed by atoms with van der Waals surface area (Å²) < 4.78 is 6.79. The standard InChI is InChI=1S/C21H21ClN4O3S2/c1-26-18(12-6-5-7-13(22)10-12)24-25-21(26)30-11-16(27)23-19-17(20(28)29-2)14-8-3-4-9-15(14)31-19/h5-7,10H,3-4,8-9,11H2,1-2H3,(H,23,27). The van der Waals surface area contributed by atoms with Gasteiger partial charge in [0.05, 0.1) is 18.4 Å². The number of carbonyl (C=O) groups excluding carboxylic acids is 2. The Labute approximate surface area is 193 Å². The van der Waals surface area contributed by atoms with Gasteiger partial charge in [0.2, 0.25) is 5.91 Å². The Morgan fingerprint density at radius 3 is 2.87 bits per heavy atom. The summed E-state index contributed by atoms with van der Waals surface area (Å²) in [5.74, 6) is 0.206. The van der Waals surface area contributed by atoms with Crippen LogP contribution in [0.1, 0.15) is 33.6 Å². The summed E-state index contributed by atoms with van der Waals surface area (Å²) in [7, 11) is 3.21. The number of amides is 1. The van der Waals surface area contributed by atoms with E-state index in [1.807, 2.05) is 29.8 Å². The lowest BCUT2D eigenvalue weighted by Gasteiger charge is -2.11. The van der Waals surface area contributed by atoms with Crippen LogP contribution in [-0.4, -0.2) is 39.5 Å². The van der Waals surface area contributed by atoms with Crippen LogP contribution < -0.4 is 5.32 Å². The normalized spacial score (nSPS) is 13.0. The maximum absolute atomic E-state index is 12.6. The first-order valence-corrected chi connectivity index (χ1v) is 12.0. The molecule has 1 amide bonds. The molecule has 0 saturated heterocycles. The monoisotopic (exact) mass is 476 g/mol. The largest absolute Gasteiger partial charge is 0.465 e. The van der Waals surface area contributed by atoms with Gasteiger partial charge < -0.3 is 14.6 Å². The maximum Gasteiger partial charge on any atom is 0.341 e. The number of rotatable bonds is 6. The molecular formula is C21H21ClN4O3S2. The Bertz CT molecular complexity index is 1140. The smallest absolute Gasteiger partial charge is 0.341 e. The number of thiophene rings is 1. The number of esters is 1. The molecule has 1 aliphatic carbocycles. The molecule has 0 unspecified atom stereocenters. The number of aryl methyl sites for hydroxylation is 1. The van der Waals surface area contributed by atoms with Crippen molar-refractivity contribution in [2.75, 3.05) is 18.2 Å². The van der Waals surface area contributed by atoms with E-state index in [0.717, 1.165) is 41.7 Å². The van der Waals surface area contributed by atoms with Crippen molar-refractivity contribution in [3.8, 4) is 11.4 Å². The summed E-state index contributed by atoms with van der Waals surface area (Å²) in [6, 6.07) is 7.38. The predicted molar refractivity (Wildman–Crippen MR) is 123 cm³/mol. The molecule has 0 spiro atoms. The number of anilines is 1. The SMILES string of the molecule is COC(=O)c1c(NC(=O)CSc2nnc(-c3cccc(Cl)c3)n2C)sc2c1CCCC2. The summed E-state index contributed by atoms with van der Waals surface area (Å²) in [5, 5.41) is 13.1. The lowest BCUT2D eigenvalue weighted by molar-refractivity contribution is -0.113. The fourth-order valence-electron chi connectivity index (χ4n) is 3.58. The molecule has 0 saturated carbocycles. The average Bonchev–Trinajstić information content (AvgIpc) is 3.31. The molecule has 3 aromatic rings. The Hall–Kier alpha value is -2.36. The molecule has 7 nitrogen and oxygen atoms in total. The van der Waals surface area contributed by atoms with Crippen LogP contribution >= 0.6 is 34.7 Å². The van der Waals surface area contributed by atoms with Crippen molar-refractivity contribution in [3.05, 3.63) is 45.3 Å². The van der Waals surface area contributed by atoms with Crippen LogP contribution in [0.5, 0.6) is 0 Å². The third kappa shape index (κ3) is 4.63. The first-order valence-electron chi connectivity index (χ1n) is 9.78. The van der Waals surface area contributed by atoms with Crippen LogP contribution in [0.25, 0.3) is 11.4 Å². The van der Waals surface area contributed by atoms with Crippen LogP contribution in [0.15, 0.2) is 29.4 Å². The van der Waals surface area contributed by atoms with Crippen molar-refractivity contribution in [2.24, 2.45) is 7.05 Å². The van der Waals surface area contributed by atoms with Gasteiger partial charge >= 0.3 is 5.97 Å². The second kappa shape index (κ2) is 9.42. The lowest BCUT2D eigenvalue weighted by Crippen LogP contribution is -2.17. The van der Waals surface area contributed by atoms with Crippen LogP contribution in [0.3, 0.4) is 0 Å². The highest BCUT2D eigenvalue weighted by Crippen LogP contribution is 2.38. The minimum atomic E-state index is -0.401. The second-order valence-corrected chi connectivity index (χ2v) is 9.60. The van der Waals surface area contributed by atoms with Crippen molar-refractivity contribution in [2.45, 2.75) is 30.8 Å². The number of nitrogens with one attached hydrogen (secondary N) is 1. The number of hydrogen-bond acceptors (Lipinski definition) is 7. The molecule has 10 heteroatoms. The van der Waals surface area contributed by atoms with E-state index in [2.05, 4.69) is 15.5 Å². The van der Waals surface area contributed by atoms with E-state index in [1.54, 1.807) is 6.07 Å². The van der Waals surface area contributed by atoms with E-state index in [-0.39, 0.29) is 11.7 Å². The number of nitrogens with zero attached hydrogens (tertiary/aromatic N) is 3. The molecule has 4 rings (SSSR count). The summed E-state index contributed by atoms with van der Waals surface area (Å²) in [6.07, 6.45) is 3.91. The van der Waals surface area contributed by atoms with Crippen molar-refractivity contribution in [3.63, 3.8) is 0 Å². The second-order valence-electron chi connectivity index (χ2n) is 7.12. The molecule has 1 aliphatic rings. The number of fused-ring (bicyclic) bond motifs is 1. The van der Waals surface area contributed by atoms with E-state index >= 15 is 0 Å². The van der Waals surface area contributed by atoms with Crippen LogP contribution in [0.4, 0.5) is 5.00 Å². The Balaban J connectivity index is 1.46. The highest BCUT2D eigenvalue weighted by atomic mass is 35.5. The number of ether oxygens (including phenoxy) is 1. The van der Waals surface area contributed by atoms with Crippen LogP contribution in [-0.2, 0) is 29.4 Å². The maximum atomic E-state index is 12.6. The first-order chi connectivity index (χ1) is 15.0. The van der Waals surface area contributed by atoms with Gasteiger partial charge in [0.15, 0.2) is 11.0 Å². The van der Waals surface area contributed by atoms with E-state index in [9.17, 15) is 9.59 Å². The molecule has 0 atom stereocenters. The molecule has 0 bridgehead atoms. The van der Waals surface area contributed by atoms with Crippen molar-refractivity contribution < 1.29 is 14.3 Å². The third-order valence-corrected chi connectivity index (χ3v) is 7.53. The minimum absolute atomic E-state index is 0.144. The lowest BCUT2D eigenvalue weighted by atomic mass is 9.95. The summed E-state index contributed by atoms with van der Waals surface area (Å²) >= 11 is 8.82. The zero-order valence-corrected chi connectivity index (χ0v) is 19.5. The molecule has 0 fully saturated rings. The molecule has 162 valence electrons. The van der Waals surface area contributed by atoms with Gasteiger partial charge in [-0.3, -0.25) is 4.79 Å². The number of hydrogen-bond donors (Lipinski definition) is 1. The van der Waals surface area contributed by atoms with Crippen molar-refractivity contribution in [1.29, 1.82) is 0 Å². The van der Waals surface area contributed by atoms with Crippen LogP contribution in [0, 0.1) is 0 Å². The Morgan fingerprint density at radius 1 is 1.29 bits per heavy atom. The van der Waals surface area contributed by atoms with Crippen molar-refractivity contribution in [1.82, 2.24) is 14.8 Å². The van der Waals surface area contributed by atoms with Gasteiger partial charge in [-0.25, -0.2) is 4.79 Å². The molecular weight excluding hydrogens is 456 g/mol. The number of halogens is 1. The third-order valence-electron chi connectivity index (χ3n) is 5.06. The molecule has 2 aromatic heterocycles. The first kappa shape index (κ1) is 21.9. The van der Waals surface area contributed by atoms with Gasteiger partial charge in [0, 0.05) is 22.5 Å². The summed E-state index contributed by atoms with van der Waals surface area (Å²) in [5.41, 5.74) is 2.37. The van der Waals surface area contributed by atoms with E-state index < -0.39 is 5.97 Å². The molecule has 2 heterocycles. The molecule has 1 N–H and O–H groups in total. The Morgan fingerprint density at radius 2 is 2.10 bits per heavy atom. The molecule has 0 radical (unpaired) electrons. The van der Waals surface area contributed by atoms with Gasteiger partial charge in [0.25, 0.3) is 0 Å². The zero-order chi connectivity index (χ0) is 22.0. The summed E-state index contributed by atoms with van der Waals surface area (Å²) in [4.78, 5) is 26.1. The molecule has 0 aliphatic heterocycles. The van der Waals surface area contributed by atoms with Gasteiger partial charge in [0.1, 0.15) is 5.00 Å². The minimum Gasteiger partial charge on any atom is -0.465 e. The highest BCUT2D eigenvalue weighted by molar-refractivity contribution is 7.99.